The van der Waals surface area contributed by atoms with Crippen molar-refractivity contribution < 1.29 is 9.90 Å². The summed E-state index contributed by atoms with van der Waals surface area (Å²) in [6.07, 6.45) is 9.65. The van der Waals surface area contributed by atoms with E-state index in [2.05, 4.69) is 32.9 Å². The van der Waals surface area contributed by atoms with Gasteiger partial charge in [-0.3, -0.25) is 0 Å². The highest BCUT2D eigenvalue weighted by atomic mass is 16.4. The van der Waals surface area contributed by atoms with Crippen LogP contribution in [0.4, 0.5) is 0 Å². The minimum atomic E-state index is -0.718. The Hall–Kier alpha value is -1.05. The SMILES string of the molecule is C/C=C/[C@@]12C[C@]1(C)[C@H]1CC(C)(C)C[C@H]1C=C2C(=O)O. The van der Waals surface area contributed by atoms with E-state index < -0.39 is 5.97 Å². The van der Waals surface area contributed by atoms with Crippen molar-refractivity contribution in [2.45, 2.75) is 47.0 Å². The number of fused-ring (bicyclic) bond motifs is 3. The molecule has 3 aliphatic carbocycles. The van der Waals surface area contributed by atoms with Gasteiger partial charge in [-0.15, -0.1) is 0 Å². The molecule has 0 heterocycles. The fourth-order valence-corrected chi connectivity index (χ4v) is 5.13. The number of carbonyl (C=O) groups is 1. The maximum atomic E-state index is 11.7. The zero-order chi connectivity index (χ0) is 14.1. The van der Waals surface area contributed by atoms with Gasteiger partial charge < -0.3 is 5.11 Å². The molecule has 2 fully saturated rings. The van der Waals surface area contributed by atoms with Gasteiger partial charge in [0.2, 0.25) is 0 Å². The van der Waals surface area contributed by atoms with E-state index in [0.717, 1.165) is 12.8 Å². The molecular weight excluding hydrogens is 236 g/mol. The van der Waals surface area contributed by atoms with Crippen LogP contribution in [0, 0.1) is 28.1 Å². The smallest absolute Gasteiger partial charge is 0.332 e. The molecule has 104 valence electrons. The van der Waals surface area contributed by atoms with Crippen LogP contribution in [-0.2, 0) is 4.79 Å². The molecule has 0 saturated heterocycles. The molecule has 0 amide bonds. The van der Waals surface area contributed by atoms with Crippen LogP contribution in [0.5, 0.6) is 0 Å². The molecule has 2 nitrogen and oxygen atoms in total. The molecule has 0 aliphatic heterocycles. The quantitative estimate of drug-likeness (QED) is 0.761. The van der Waals surface area contributed by atoms with E-state index in [-0.39, 0.29) is 10.8 Å². The van der Waals surface area contributed by atoms with Gasteiger partial charge in [0.25, 0.3) is 0 Å². The van der Waals surface area contributed by atoms with Crippen molar-refractivity contribution in [3.05, 3.63) is 23.8 Å². The normalized spacial score (nSPS) is 46.6. The van der Waals surface area contributed by atoms with Gasteiger partial charge in [0.1, 0.15) is 0 Å². The first-order chi connectivity index (χ1) is 8.76. The molecule has 0 aromatic rings. The first-order valence-corrected chi connectivity index (χ1v) is 7.35. The van der Waals surface area contributed by atoms with Gasteiger partial charge in [0, 0.05) is 11.0 Å². The van der Waals surface area contributed by atoms with E-state index in [0.29, 0.717) is 22.8 Å². The van der Waals surface area contributed by atoms with E-state index in [1.807, 2.05) is 13.0 Å². The Morgan fingerprint density at radius 3 is 2.63 bits per heavy atom. The topological polar surface area (TPSA) is 37.3 Å². The van der Waals surface area contributed by atoms with Crippen molar-refractivity contribution in [2.75, 3.05) is 0 Å². The first-order valence-electron chi connectivity index (χ1n) is 7.35. The van der Waals surface area contributed by atoms with Crippen LogP contribution in [0.2, 0.25) is 0 Å². The molecule has 2 heteroatoms. The Labute approximate surface area is 115 Å². The highest BCUT2D eigenvalue weighted by Gasteiger charge is 2.73. The molecule has 0 aromatic carbocycles. The maximum Gasteiger partial charge on any atom is 0.332 e. The summed E-state index contributed by atoms with van der Waals surface area (Å²) in [5.74, 6) is 0.402. The third-order valence-electron chi connectivity index (χ3n) is 5.98. The molecule has 0 spiro atoms. The van der Waals surface area contributed by atoms with Gasteiger partial charge in [-0.05, 0) is 48.9 Å². The number of carboxylic acids is 1. The van der Waals surface area contributed by atoms with E-state index in [1.165, 1.54) is 6.42 Å². The van der Waals surface area contributed by atoms with Crippen molar-refractivity contribution in [3.8, 4) is 0 Å². The summed E-state index contributed by atoms with van der Waals surface area (Å²) in [4.78, 5) is 11.7. The minimum Gasteiger partial charge on any atom is -0.478 e. The highest BCUT2D eigenvalue weighted by Crippen LogP contribution is 2.78. The number of hydrogen-bond donors (Lipinski definition) is 1. The van der Waals surface area contributed by atoms with Crippen molar-refractivity contribution in [1.82, 2.24) is 0 Å². The summed E-state index contributed by atoms with van der Waals surface area (Å²) in [6, 6.07) is 0. The molecule has 0 radical (unpaired) electrons. The van der Waals surface area contributed by atoms with Crippen LogP contribution < -0.4 is 0 Å². The second-order valence-corrected chi connectivity index (χ2v) is 7.79. The lowest BCUT2D eigenvalue weighted by Crippen LogP contribution is -2.31. The summed E-state index contributed by atoms with van der Waals surface area (Å²) in [6.45, 7) is 8.95. The molecule has 0 aromatic heterocycles. The van der Waals surface area contributed by atoms with Gasteiger partial charge in [-0.25, -0.2) is 4.79 Å². The largest absolute Gasteiger partial charge is 0.478 e. The molecule has 2 saturated carbocycles. The molecule has 3 rings (SSSR count). The average molecular weight is 260 g/mol. The summed E-state index contributed by atoms with van der Waals surface area (Å²) >= 11 is 0. The number of hydrogen-bond acceptors (Lipinski definition) is 1. The second kappa shape index (κ2) is 3.53. The first kappa shape index (κ1) is 13.0. The Morgan fingerprint density at radius 1 is 1.37 bits per heavy atom. The summed E-state index contributed by atoms with van der Waals surface area (Å²) < 4.78 is 0. The predicted molar refractivity (Wildman–Crippen MR) is 75.7 cm³/mol. The molecule has 19 heavy (non-hydrogen) atoms. The van der Waals surface area contributed by atoms with Crippen LogP contribution in [0.1, 0.15) is 47.0 Å². The number of allylic oxidation sites excluding steroid dienone is 3. The Morgan fingerprint density at radius 2 is 2.05 bits per heavy atom. The molecule has 4 atom stereocenters. The third kappa shape index (κ3) is 1.52. The molecular formula is C17H24O2. The molecule has 0 unspecified atom stereocenters. The van der Waals surface area contributed by atoms with Crippen LogP contribution in [0.15, 0.2) is 23.8 Å². The molecule has 0 bridgehead atoms. The van der Waals surface area contributed by atoms with Crippen LogP contribution in [-0.4, -0.2) is 11.1 Å². The Bertz CT molecular complexity index is 499. The summed E-state index contributed by atoms with van der Waals surface area (Å²) in [5.41, 5.74) is 0.995. The monoisotopic (exact) mass is 260 g/mol. The zero-order valence-electron chi connectivity index (χ0n) is 12.4. The Balaban J connectivity index is 2.09. The lowest BCUT2D eigenvalue weighted by Gasteiger charge is -2.34. The van der Waals surface area contributed by atoms with Gasteiger partial charge in [-0.2, -0.15) is 0 Å². The standard InChI is InChI=1S/C17H24O2/c1-5-6-17-10-16(17,4)13-9-15(2,3)8-11(13)7-12(17)14(18)19/h5-7,11,13H,8-10H2,1-4H3,(H,18,19)/b6-5+/t11-,13+,16-,17+/m1/s1. The summed E-state index contributed by atoms with van der Waals surface area (Å²) in [7, 11) is 0. The lowest BCUT2D eigenvalue weighted by molar-refractivity contribution is -0.133. The molecule has 1 N–H and O–H groups in total. The van der Waals surface area contributed by atoms with Crippen LogP contribution >= 0.6 is 0 Å². The third-order valence-corrected chi connectivity index (χ3v) is 5.98. The highest BCUT2D eigenvalue weighted by molar-refractivity contribution is 5.91. The predicted octanol–water partition coefficient (Wildman–Crippen LogP) is 4.04. The van der Waals surface area contributed by atoms with E-state index in [1.54, 1.807) is 0 Å². The van der Waals surface area contributed by atoms with Crippen LogP contribution in [0.3, 0.4) is 0 Å². The van der Waals surface area contributed by atoms with Gasteiger partial charge in [0.15, 0.2) is 0 Å². The second-order valence-electron chi connectivity index (χ2n) is 7.79. The fraction of sp³-hybridized carbons (Fsp3) is 0.706. The van der Waals surface area contributed by atoms with Crippen LogP contribution in [0.25, 0.3) is 0 Å². The maximum absolute atomic E-state index is 11.7. The van der Waals surface area contributed by atoms with E-state index >= 15 is 0 Å². The minimum absolute atomic E-state index is 0.167. The average Bonchev–Trinajstić information content (AvgIpc) is 2.75. The Kier molecular flexibility index (Phi) is 2.41. The van der Waals surface area contributed by atoms with E-state index in [4.69, 9.17) is 0 Å². The van der Waals surface area contributed by atoms with Crippen molar-refractivity contribution >= 4 is 5.97 Å². The van der Waals surface area contributed by atoms with E-state index in [9.17, 15) is 9.90 Å². The zero-order valence-corrected chi connectivity index (χ0v) is 12.4. The number of aliphatic carboxylic acids is 1. The van der Waals surface area contributed by atoms with Gasteiger partial charge in [-0.1, -0.05) is 39.0 Å². The lowest BCUT2D eigenvalue weighted by atomic mass is 9.69. The van der Waals surface area contributed by atoms with Gasteiger partial charge in [0.05, 0.1) is 0 Å². The van der Waals surface area contributed by atoms with Crippen molar-refractivity contribution in [2.24, 2.45) is 28.1 Å². The number of rotatable bonds is 2. The van der Waals surface area contributed by atoms with Crippen molar-refractivity contribution in [3.63, 3.8) is 0 Å². The molecule has 3 aliphatic rings. The number of carboxylic acid groups (broad SMARTS) is 1. The van der Waals surface area contributed by atoms with Gasteiger partial charge >= 0.3 is 5.97 Å². The fourth-order valence-electron chi connectivity index (χ4n) is 5.13. The summed E-state index contributed by atoms with van der Waals surface area (Å²) in [5, 5.41) is 9.59. The van der Waals surface area contributed by atoms with Crippen molar-refractivity contribution in [1.29, 1.82) is 0 Å².